The van der Waals surface area contributed by atoms with Crippen molar-refractivity contribution < 1.29 is 5.11 Å². The molecule has 1 nitrogen and oxygen atoms in total. The maximum absolute atomic E-state index is 9.92. The maximum atomic E-state index is 9.92. The lowest BCUT2D eigenvalue weighted by molar-refractivity contribution is 0.256. The second-order valence-electron chi connectivity index (χ2n) is 5.94. The predicted octanol–water partition coefficient (Wildman–Crippen LogP) is 5.10. The molecule has 0 saturated carbocycles. The van der Waals surface area contributed by atoms with Crippen LogP contribution in [0.4, 0.5) is 0 Å². The Morgan fingerprint density at radius 3 is 2.55 bits per heavy atom. The Balaban J connectivity index is 2.68. The Labute approximate surface area is 138 Å². The number of hydrogen-bond donors (Lipinski definition) is 1. The van der Waals surface area contributed by atoms with Crippen LogP contribution in [-0.4, -0.2) is 18.7 Å². The van der Waals surface area contributed by atoms with Gasteiger partial charge in [0.05, 0.1) is 6.61 Å². The van der Waals surface area contributed by atoms with E-state index < -0.39 is 0 Å². The fourth-order valence-electron chi connectivity index (χ4n) is 2.38. The van der Waals surface area contributed by atoms with E-state index in [1.54, 1.807) is 0 Å². The fourth-order valence-corrected chi connectivity index (χ4v) is 6.26. The summed E-state index contributed by atoms with van der Waals surface area (Å²) in [5.41, 5.74) is 2.26. The normalized spacial score (nSPS) is 17.1. The third-order valence-electron chi connectivity index (χ3n) is 3.75. The largest absolute Gasteiger partial charge is 0.395 e. The van der Waals surface area contributed by atoms with Gasteiger partial charge in [-0.25, -0.2) is 0 Å². The molecule has 0 bridgehead atoms. The van der Waals surface area contributed by atoms with E-state index in [1.165, 1.54) is 24.5 Å². The third kappa shape index (κ3) is 5.16. The van der Waals surface area contributed by atoms with Crippen molar-refractivity contribution in [3.05, 3.63) is 48.0 Å². The monoisotopic (exact) mass is 402 g/mol. The zero-order valence-electron chi connectivity index (χ0n) is 12.8. The molecule has 1 aromatic carbocycles. The summed E-state index contributed by atoms with van der Waals surface area (Å²) in [6, 6.07) is 10.4. The first-order chi connectivity index (χ1) is 9.40. The molecule has 3 atom stereocenters. The summed E-state index contributed by atoms with van der Waals surface area (Å²) in [6.07, 6.45) is 2.32. The quantitative estimate of drug-likeness (QED) is 0.278. The lowest BCUT2D eigenvalue weighted by Gasteiger charge is -2.34. The molecule has 0 spiro atoms. The van der Waals surface area contributed by atoms with Crippen molar-refractivity contribution in [1.29, 1.82) is 0 Å². The minimum absolute atomic E-state index is 0.0971. The molecule has 1 N–H and O–H groups in total. The molecule has 0 fully saturated rings. The first-order valence-electron chi connectivity index (χ1n) is 7.14. The molecule has 0 heterocycles. The van der Waals surface area contributed by atoms with Crippen LogP contribution < -0.4 is 0 Å². The van der Waals surface area contributed by atoms with Gasteiger partial charge in [-0.05, 0) is 31.7 Å². The van der Waals surface area contributed by atoms with Crippen LogP contribution in [0.15, 0.2) is 42.5 Å². The zero-order valence-corrected chi connectivity index (χ0v) is 15.8. The van der Waals surface area contributed by atoms with Gasteiger partial charge in [-0.1, -0.05) is 76.6 Å². The second-order valence-corrected chi connectivity index (χ2v) is 11.6. The van der Waals surface area contributed by atoms with Crippen molar-refractivity contribution in [1.82, 2.24) is 0 Å². The summed E-state index contributed by atoms with van der Waals surface area (Å²) >= 11 is 2.57. The van der Waals surface area contributed by atoms with Crippen LogP contribution in [-0.2, 0) is 5.16 Å². The Morgan fingerprint density at radius 1 is 1.45 bits per heavy atom. The first-order valence-corrected chi connectivity index (χ1v) is 11.5. The molecule has 0 aromatic heterocycles. The molecule has 0 aliphatic carbocycles. The van der Waals surface area contributed by atoms with E-state index in [2.05, 4.69) is 73.7 Å². The van der Waals surface area contributed by atoms with E-state index in [9.17, 15) is 5.11 Å². The molecule has 110 valence electrons. The van der Waals surface area contributed by atoms with E-state index >= 15 is 0 Å². The van der Waals surface area contributed by atoms with Gasteiger partial charge in [0.25, 0.3) is 0 Å². The van der Waals surface area contributed by atoms with Crippen molar-refractivity contribution in [2.75, 3.05) is 6.61 Å². The van der Waals surface area contributed by atoms with E-state index in [0.717, 1.165) is 6.42 Å². The molecule has 20 heavy (non-hydrogen) atoms. The second kappa shape index (κ2) is 8.55. The van der Waals surface area contributed by atoms with E-state index in [1.807, 2.05) is 6.07 Å². The zero-order chi connectivity index (χ0) is 15.2. The first kappa shape index (κ1) is 18.2. The van der Waals surface area contributed by atoms with Crippen molar-refractivity contribution in [3.63, 3.8) is 0 Å². The Kier molecular flexibility index (Phi) is 7.78. The maximum Gasteiger partial charge on any atom is 0.166 e. The van der Waals surface area contributed by atoms with Crippen LogP contribution in [0, 0.1) is 5.92 Å². The minimum Gasteiger partial charge on any atom is -0.395 e. The summed E-state index contributed by atoms with van der Waals surface area (Å²) in [4.78, 5) is 0. The van der Waals surface area contributed by atoms with Gasteiger partial charge in [0.15, 0.2) is 7.00 Å². The van der Waals surface area contributed by atoms with Crippen molar-refractivity contribution in [2.24, 2.45) is 5.92 Å². The highest BCUT2D eigenvalue weighted by atomic mass is 127. The number of hydrogen-bond acceptors (Lipinski definition) is 1. The number of allylic oxidation sites excluding steroid dienone is 1. The highest BCUT2D eigenvalue weighted by Crippen LogP contribution is 2.61. The van der Waals surface area contributed by atoms with Gasteiger partial charge in [0.1, 0.15) is 0 Å². The Hall–Kier alpha value is 0.145. The van der Waals surface area contributed by atoms with Crippen molar-refractivity contribution in [2.45, 2.75) is 38.7 Å². The van der Waals surface area contributed by atoms with Gasteiger partial charge in [-0.15, -0.1) is 6.58 Å². The lowest BCUT2D eigenvalue weighted by atomic mass is 9.87. The van der Waals surface area contributed by atoms with E-state index in [-0.39, 0.29) is 17.2 Å². The van der Waals surface area contributed by atoms with E-state index in [4.69, 9.17) is 0 Å². The summed E-state index contributed by atoms with van der Waals surface area (Å²) in [6.45, 7) is 12.0. The van der Waals surface area contributed by atoms with Gasteiger partial charge in [-0.2, -0.15) is 0 Å². The summed E-state index contributed by atoms with van der Waals surface area (Å²) in [5, 5.41) is 9.82. The molecule has 0 saturated heterocycles. The van der Waals surface area contributed by atoms with Crippen LogP contribution in [0.1, 0.15) is 32.8 Å². The van der Waals surface area contributed by atoms with Crippen LogP contribution in [0.3, 0.4) is 0 Å². The molecule has 0 radical (unpaired) electrons. The number of benzene rings is 1. The highest BCUT2D eigenvalue weighted by Gasteiger charge is 2.33. The minimum atomic E-state index is -0.270. The van der Waals surface area contributed by atoms with Crippen LogP contribution in [0.2, 0.25) is 6.32 Å². The number of halogens is 1. The number of aliphatic hydroxyl groups excluding tert-OH is 1. The highest BCUT2D eigenvalue weighted by molar-refractivity contribution is 14.2. The van der Waals surface area contributed by atoms with Gasteiger partial charge in [0, 0.05) is 5.16 Å². The fraction of sp³-hybridized carbons (Fsp3) is 0.500. The standard InChI is InChI=1S/C16H25BIOP/c1-13(2)10-14(3)11-17-20(18)16(4,12-19)15-8-6-5-7-9-15/h5-9,14,17,19H,1,10-12H2,2-4H3. The summed E-state index contributed by atoms with van der Waals surface area (Å²) in [5.74, 6) is 0.686. The van der Waals surface area contributed by atoms with Crippen molar-refractivity contribution >= 4 is 34.5 Å². The van der Waals surface area contributed by atoms with Gasteiger partial charge in [0.2, 0.25) is 0 Å². The van der Waals surface area contributed by atoms with Crippen LogP contribution in [0.5, 0.6) is 0 Å². The lowest BCUT2D eigenvalue weighted by Crippen LogP contribution is -2.24. The number of rotatable bonds is 8. The van der Waals surface area contributed by atoms with Crippen molar-refractivity contribution in [3.8, 4) is 0 Å². The van der Waals surface area contributed by atoms with Gasteiger partial charge >= 0.3 is 0 Å². The predicted molar refractivity (Wildman–Crippen MR) is 102 cm³/mol. The molecule has 3 unspecified atom stereocenters. The molecule has 1 rings (SSSR count). The smallest absolute Gasteiger partial charge is 0.166 e. The molecule has 4 heteroatoms. The van der Waals surface area contributed by atoms with E-state index in [0.29, 0.717) is 5.92 Å². The molecule has 0 amide bonds. The average Bonchev–Trinajstić information content (AvgIpc) is 2.44. The van der Waals surface area contributed by atoms with Gasteiger partial charge in [-0.3, -0.25) is 0 Å². The Morgan fingerprint density at radius 2 is 2.05 bits per heavy atom. The van der Waals surface area contributed by atoms with Crippen LogP contribution >= 0.6 is 27.5 Å². The molecular weight excluding hydrogens is 377 g/mol. The van der Waals surface area contributed by atoms with Crippen LogP contribution in [0.25, 0.3) is 0 Å². The molecular formula is C16H25BIOP. The topological polar surface area (TPSA) is 20.2 Å². The third-order valence-corrected chi connectivity index (χ3v) is 10.5. The summed E-state index contributed by atoms with van der Waals surface area (Å²) in [7, 11) is 0. The molecule has 0 aliphatic rings. The Bertz CT molecular complexity index is 426. The molecule has 1 aromatic rings. The number of aliphatic hydroxyl groups is 1. The SMILES string of the molecule is C=C(C)CC(C)CBP(I)C(C)(CO)c1ccccc1. The molecule has 0 aliphatic heterocycles. The average molecular weight is 402 g/mol. The summed E-state index contributed by atoms with van der Waals surface area (Å²) < 4.78 is 0. The van der Waals surface area contributed by atoms with Gasteiger partial charge < -0.3 is 5.11 Å².